The molecule has 0 aliphatic carbocycles. The van der Waals surface area contributed by atoms with E-state index in [-0.39, 0.29) is 10.6 Å². The van der Waals surface area contributed by atoms with Gasteiger partial charge in [-0.2, -0.15) is 0 Å². The molecule has 7 nitrogen and oxygen atoms in total. The average molecular weight is 509 g/mol. The summed E-state index contributed by atoms with van der Waals surface area (Å²) in [6.45, 7) is 1.29. The molecular weight excluding hydrogens is 487 g/mol. The van der Waals surface area contributed by atoms with Gasteiger partial charge in [0.1, 0.15) is 18.0 Å². The largest absolute Gasteiger partial charge is 0.495 e. The van der Waals surface area contributed by atoms with E-state index in [9.17, 15) is 13.2 Å². The predicted octanol–water partition coefficient (Wildman–Crippen LogP) is 5.15. The van der Waals surface area contributed by atoms with Gasteiger partial charge >= 0.3 is 0 Å². The molecule has 0 fully saturated rings. The average Bonchev–Trinajstić information content (AvgIpc) is 2.79. The minimum atomic E-state index is -4.08. The summed E-state index contributed by atoms with van der Waals surface area (Å²) in [6, 6.07) is 15.7. The fraction of sp³-hybridized carbons (Fsp3) is 0.174. The zero-order valence-electron chi connectivity index (χ0n) is 18.1. The van der Waals surface area contributed by atoms with Crippen molar-refractivity contribution in [3.05, 3.63) is 76.3 Å². The second-order valence-corrected chi connectivity index (χ2v) is 9.69. The number of para-hydroxylation sites is 1. The third-order valence-corrected chi connectivity index (χ3v) is 7.14. The molecule has 3 rings (SSSR count). The summed E-state index contributed by atoms with van der Waals surface area (Å²) in [5, 5.41) is 3.39. The van der Waals surface area contributed by atoms with Gasteiger partial charge in [-0.25, -0.2) is 8.42 Å². The van der Waals surface area contributed by atoms with Crippen molar-refractivity contribution in [1.29, 1.82) is 0 Å². The van der Waals surface area contributed by atoms with Crippen LogP contribution in [-0.4, -0.2) is 35.1 Å². The van der Waals surface area contributed by atoms with E-state index in [1.165, 1.54) is 50.6 Å². The second kappa shape index (κ2) is 10.3. The van der Waals surface area contributed by atoms with E-state index in [0.29, 0.717) is 32.8 Å². The molecule has 174 valence electrons. The molecule has 3 aromatic rings. The van der Waals surface area contributed by atoms with Crippen molar-refractivity contribution in [2.24, 2.45) is 0 Å². The van der Waals surface area contributed by atoms with Crippen molar-refractivity contribution in [3.63, 3.8) is 0 Å². The van der Waals surface area contributed by atoms with Crippen LogP contribution >= 0.6 is 23.2 Å². The zero-order chi connectivity index (χ0) is 24.2. The molecule has 1 N–H and O–H groups in total. The Labute approximate surface area is 202 Å². The van der Waals surface area contributed by atoms with Gasteiger partial charge in [0.15, 0.2) is 0 Å². The van der Waals surface area contributed by atoms with E-state index in [1.807, 2.05) is 0 Å². The topological polar surface area (TPSA) is 84.9 Å². The zero-order valence-corrected chi connectivity index (χ0v) is 20.5. The summed E-state index contributed by atoms with van der Waals surface area (Å²) in [4.78, 5) is 13.0. The van der Waals surface area contributed by atoms with Gasteiger partial charge in [-0.1, -0.05) is 41.4 Å². The molecule has 0 saturated heterocycles. The fourth-order valence-electron chi connectivity index (χ4n) is 3.15. The molecule has 0 aliphatic heterocycles. The monoisotopic (exact) mass is 508 g/mol. The van der Waals surface area contributed by atoms with E-state index < -0.39 is 22.5 Å². The number of nitrogens with zero attached hydrogens (tertiary/aromatic N) is 1. The van der Waals surface area contributed by atoms with Crippen LogP contribution < -0.4 is 19.1 Å². The van der Waals surface area contributed by atoms with Crippen LogP contribution in [0.5, 0.6) is 11.5 Å². The van der Waals surface area contributed by atoms with Gasteiger partial charge in [0.05, 0.1) is 35.5 Å². The molecule has 0 radical (unpaired) electrons. The first-order valence-electron chi connectivity index (χ1n) is 9.72. The first kappa shape index (κ1) is 24.7. The van der Waals surface area contributed by atoms with Crippen molar-refractivity contribution >= 4 is 50.5 Å². The highest BCUT2D eigenvalue weighted by atomic mass is 35.5. The van der Waals surface area contributed by atoms with Gasteiger partial charge in [0.2, 0.25) is 5.91 Å². The highest BCUT2D eigenvalue weighted by molar-refractivity contribution is 7.92. The molecule has 0 spiro atoms. The second-order valence-electron chi connectivity index (χ2n) is 6.99. The Morgan fingerprint density at radius 3 is 2.21 bits per heavy atom. The Kier molecular flexibility index (Phi) is 7.73. The maximum Gasteiger partial charge on any atom is 0.264 e. The minimum Gasteiger partial charge on any atom is -0.495 e. The lowest BCUT2D eigenvalue weighted by Gasteiger charge is -2.26. The number of halogens is 2. The number of sulfonamides is 1. The summed E-state index contributed by atoms with van der Waals surface area (Å²) in [5.74, 6) is 0.0490. The number of carbonyl (C=O) groups excluding carboxylic acids is 1. The van der Waals surface area contributed by atoms with Gasteiger partial charge in [-0.15, -0.1) is 0 Å². The maximum atomic E-state index is 13.5. The molecule has 0 unspecified atom stereocenters. The minimum absolute atomic E-state index is 0.00805. The van der Waals surface area contributed by atoms with E-state index in [1.54, 1.807) is 31.2 Å². The number of ether oxygens (including phenoxy) is 2. The van der Waals surface area contributed by atoms with Gasteiger partial charge in [0.25, 0.3) is 10.0 Å². The van der Waals surface area contributed by atoms with Gasteiger partial charge in [-0.05, 0) is 42.8 Å². The van der Waals surface area contributed by atoms with Crippen LogP contribution in [0.1, 0.15) is 5.56 Å². The Balaban J connectivity index is 1.99. The predicted molar refractivity (Wildman–Crippen MR) is 130 cm³/mol. The number of rotatable bonds is 8. The first-order valence-corrected chi connectivity index (χ1v) is 11.9. The summed E-state index contributed by atoms with van der Waals surface area (Å²) < 4.78 is 38.5. The normalized spacial score (nSPS) is 11.1. The molecule has 0 atom stereocenters. The number of hydrogen-bond donors (Lipinski definition) is 1. The number of nitrogens with one attached hydrogen (secondary N) is 1. The van der Waals surface area contributed by atoms with Crippen LogP contribution in [0.4, 0.5) is 11.4 Å². The SMILES string of the molecule is COc1cc(NC(=O)CN(c2ccccc2C)S(=O)(=O)c2ccc(Cl)cc2)c(OC)cc1Cl. The molecule has 3 aromatic carbocycles. The Bertz CT molecular complexity index is 1260. The summed E-state index contributed by atoms with van der Waals surface area (Å²) in [5.41, 5.74) is 1.36. The number of methoxy groups -OCH3 is 2. The molecule has 0 saturated carbocycles. The summed E-state index contributed by atoms with van der Waals surface area (Å²) in [6.07, 6.45) is 0. The van der Waals surface area contributed by atoms with Crippen molar-refractivity contribution in [1.82, 2.24) is 0 Å². The molecule has 0 aromatic heterocycles. The van der Waals surface area contributed by atoms with Crippen molar-refractivity contribution in [3.8, 4) is 11.5 Å². The van der Waals surface area contributed by atoms with Crippen LogP contribution in [0.2, 0.25) is 10.0 Å². The molecule has 10 heteroatoms. The van der Waals surface area contributed by atoms with E-state index in [0.717, 1.165) is 4.31 Å². The van der Waals surface area contributed by atoms with Crippen molar-refractivity contribution < 1.29 is 22.7 Å². The Morgan fingerprint density at radius 1 is 0.970 bits per heavy atom. The number of benzene rings is 3. The van der Waals surface area contributed by atoms with Crippen molar-refractivity contribution in [2.75, 3.05) is 30.4 Å². The summed E-state index contributed by atoms with van der Waals surface area (Å²) in [7, 11) is -1.21. The maximum absolute atomic E-state index is 13.5. The standard InChI is InChI=1S/C23H22Cl2N2O5S/c1-15-6-4-5-7-20(15)27(33(29,30)17-10-8-16(24)9-11-17)14-23(28)26-19-13-21(31-2)18(25)12-22(19)32-3/h4-13H,14H2,1-3H3,(H,26,28). The highest BCUT2D eigenvalue weighted by Gasteiger charge is 2.28. The van der Waals surface area contributed by atoms with Crippen LogP contribution in [0, 0.1) is 6.92 Å². The Morgan fingerprint density at radius 2 is 1.61 bits per heavy atom. The fourth-order valence-corrected chi connectivity index (χ4v) is 5.00. The van der Waals surface area contributed by atoms with E-state index in [4.69, 9.17) is 32.7 Å². The van der Waals surface area contributed by atoms with Crippen LogP contribution in [0.25, 0.3) is 0 Å². The first-order chi connectivity index (χ1) is 15.7. The number of aryl methyl sites for hydroxylation is 1. The quantitative estimate of drug-likeness (QED) is 0.454. The molecule has 0 aliphatic rings. The van der Waals surface area contributed by atoms with Gasteiger partial charge in [0, 0.05) is 17.2 Å². The van der Waals surface area contributed by atoms with Crippen LogP contribution in [0.3, 0.4) is 0 Å². The van der Waals surface area contributed by atoms with Crippen LogP contribution in [0.15, 0.2) is 65.6 Å². The highest BCUT2D eigenvalue weighted by Crippen LogP contribution is 2.36. The summed E-state index contributed by atoms with van der Waals surface area (Å²) >= 11 is 12.0. The van der Waals surface area contributed by atoms with E-state index >= 15 is 0 Å². The third kappa shape index (κ3) is 5.52. The lowest BCUT2D eigenvalue weighted by Crippen LogP contribution is -2.38. The van der Waals surface area contributed by atoms with E-state index in [2.05, 4.69) is 5.32 Å². The van der Waals surface area contributed by atoms with Crippen LogP contribution in [-0.2, 0) is 14.8 Å². The molecule has 1 amide bonds. The molecule has 0 heterocycles. The van der Waals surface area contributed by atoms with Gasteiger partial charge < -0.3 is 14.8 Å². The molecule has 0 bridgehead atoms. The smallest absolute Gasteiger partial charge is 0.264 e. The number of anilines is 2. The lowest BCUT2D eigenvalue weighted by atomic mass is 10.2. The lowest BCUT2D eigenvalue weighted by molar-refractivity contribution is -0.114. The van der Waals surface area contributed by atoms with Gasteiger partial charge in [-0.3, -0.25) is 9.10 Å². The van der Waals surface area contributed by atoms with Crippen molar-refractivity contribution in [2.45, 2.75) is 11.8 Å². The number of carbonyl (C=O) groups is 1. The third-order valence-electron chi connectivity index (χ3n) is 4.82. The number of hydrogen-bond acceptors (Lipinski definition) is 5. The number of amides is 1. The molecular formula is C23H22Cl2N2O5S. The molecule has 33 heavy (non-hydrogen) atoms. The Hall–Kier alpha value is -2.94.